The second-order valence-electron chi connectivity index (χ2n) is 6.60. The zero-order valence-electron chi connectivity index (χ0n) is 14.4. The van der Waals surface area contributed by atoms with Crippen molar-refractivity contribution in [2.75, 3.05) is 11.9 Å². The summed E-state index contributed by atoms with van der Waals surface area (Å²) < 4.78 is 0. The number of carbonyl (C=O) groups is 2. The predicted molar refractivity (Wildman–Crippen MR) is 98.4 cm³/mol. The standard InChI is InChI=1S/C20H20ClNO3/c1-11-8-14-17(9-12(11)2)22(3)20(25)15(10-18(23)24)19(14)13-6-4-5-7-16(13)21/h4-9,15,19H,10H2,1-3H3,(H,23,24). The molecule has 1 heterocycles. The van der Waals surface area contributed by atoms with E-state index in [-0.39, 0.29) is 18.2 Å². The summed E-state index contributed by atoms with van der Waals surface area (Å²) in [6.07, 6.45) is -0.231. The third-order valence-electron chi connectivity index (χ3n) is 5.02. The average molecular weight is 358 g/mol. The number of carbonyl (C=O) groups excluding carboxylic acids is 1. The van der Waals surface area contributed by atoms with Crippen LogP contribution in [0.4, 0.5) is 5.69 Å². The molecule has 1 N–H and O–H groups in total. The number of amides is 1. The van der Waals surface area contributed by atoms with Gasteiger partial charge in [0.2, 0.25) is 5.91 Å². The van der Waals surface area contributed by atoms with Crippen LogP contribution < -0.4 is 4.90 Å². The highest BCUT2D eigenvalue weighted by atomic mass is 35.5. The molecular weight excluding hydrogens is 338 g/mol. The molecule has 4 nitrogen and oxygen atoms in total. The molecule has 1 aliphatic rings. The number of fused-ring (bicyclic) bond motifs is 1. The highest BCUT2D eigenvalue weighted by Crippen LogP contribution is 2.46. The van der Waals surface area contributed by atoms with Gasteiger partial charge in [-0.2, -0.15) is 0 Å². The molecule has 0 bridgehead atoms. The molecular formula is C20H20ClNO3. The van der Waals surface area contributed by atoms with Crippen molar-refractivity contribution in [1.82, 2.24) is 0 Å². The molecule has 2 atom stereocenters. The molecule has 130 valence electrons. The summed E-state index contributed by atoms with van der Waals surface area (Å²) >= 11 is 6.41. The maximum atomic E-state index is 12.9. The Morgan fingerprint density at radius 3 is 2.44 bits per heavy atom. The Morgan fingerprint density at radius 1 is 1.16 bits per heavy atom. The number of carboxylic acid groups (broad SMARTS) is 1. The predicted octanol–water partition coefficient (Wildman–Crippen LogP) is 4.16. The number of aryl methyl sites for hydroxylation is 2. The minimum atomic E-state index is -0.990. The molecule has 2 aromatic carbocycles. The van der Waals surface area contributed by atoms with Crippen LogP contribution >= 0.6 is 11.6 Å². The fraction of sp³-hybridized carbons (Fsp3) is 0.300. The van der Waals surface area contributed by atoms with E-state index in [0.717, 1.165) is 27.9 Å². The summed E-state index contributed by atoms with van der Waals surface area (Å²) in [6, 6.07) is 11.4. The summed E-state index contributed by atoms with van der Waals surface area (Å²) in [6.45, 7) is 4.02. The molecule has 0 fully saturated rings. The van der Waals surface area contributed by atoms with Crippen LogP contribution in [0.1, 0.15) is 34.6 Å². The van der Waals surface area contributed by atoms with Crippen molar-refractivity contribution in [3.8, 4) is 0 Å². The molecule has 0 aromatic heterocycles. The minimum absolute atomic E-state index is 0.192. The van der Waals surface area contributed by atoms with Crippen LogP contribution in [0.5, 0.6) is 0 Å². The van der Waals surface area contributed by atoms with Crippen molar-refractivity contribution in [3.63, 3.8) is 0 Å². The van der Waals surface area contributed by atoms with Crippen molar-refractivity contribution < 1.29 is 14.7 Å². The Kier molecular flexibility index (Phi) is 4.56. The summed E-state index contributed by atoms with van der Waals surface area (Å²) in [4.78, 5) is 25.9. The van der Waals surface area contributed by atoms with Gasteiger partial charge >= 0.3 is 5.97 Å². The lowest BCUT2D eigenvalue weighted by molar-refractivity contribution is -0.141. The van der Waals surface area contributed by atoms with Crippen molar-refractivity contribution >= 4 is 29.2 Å². The van der Waals surface area contributed by atoms with Gasteiger partial charge < -0.3 is 10.0 Å². The molecule has 3 rings (SSSR count). The Morgan fingerprint density at radius 2 is 1.80 bits per heavy atom. The van der Waals surface area contributed by atoms with Crippen LogP contribution in [0.15, 0.2) is 36.4 Å². The largest absolute Gasteiger partial charge is 0.481 e. The van der Waals surface area contributed by atoms with Crippen LogP contribution in [-0.4, -0.2) is 24.0 Å². The van der Waals surface area contributed by atoms with Crippen molar-refractivity contribution in [2.24, 2.45) is 5.92 Å². The number of halogens is 1. The van der Waals surface area contributed by atoms with Gasteiger partial charge in [-0.3, -0.25) is 9.59 Å². The van der Waals surface area contributed by atoms with Crippen LogP contribution in [0, 0.1) is 19.8 Å². The molecule has 0 saturated heterocycles. The van der Waals surface area contributed by atoms with E-state index in [2.05, 4.69) is 6.07 Å². The van der Waals surface area contributed by atoms with Crippen LogP contribution in [0.25, 0.3) is 0 Å². The van der Waals surface area contributed by atoms with Crippen LogP contribution in [0.3, 0.4) is 0 Å². The molecule has 25 heavy (non-hydrogen) atoms. The van der Waals surface area contributed by atoms with Gasteiger partial charge in [0.1, 0.15) is 0 Å². The van der Waals surface area contributed by atoms with Gasteiger partial charge in [0.15, 0.2) is 0 Å². The third-order valence-corrected chi connectivity index (χ3v) is 5.37. The van der Waals surface area contributed by atoms with E-state index in [1.165, 1.54) is 0 Å². The molecule has 0 saturated carbocycles. The lowest BCUT2D eigenvalue weighted by atomic mass is 9.74. The number of nitrogens with zero attached hydrogens (tertiary/aromatic N) is 1. The molecule has 1 amide bonds. The monoisotopic (exact) mass is 357 g/mol. The number of hydrogen-bond donors (Lipinski definition) is 1. The number of aliphatic carboxylic acids is 1. The number of benzene rings is 2. The SMILES string of the molecule is Cc1cc2c(cc1C)N(C)C(=O)C(CC(=O)O)C2c1ccccc1Cl. The Hall–Kier alpha value is -2.33. The summed E-state index contributed by atoms with van der Waals surface area (Å²) in [5.41, 5.74) is 4.76. The van der Waals surface area contributed by atoms with Gasteiger partial charge in [-0.05, 0) is 48.2 Å². The molecule has 0 radical (unpaired) electrons. The van der Waals surface area contributed by atoms with Crippen molar-refractivity contribution in [2.45, 2.75) is 26.2 Å². The van der Waals surface area contributed by atoms with Gasteiger partial charge in [0.05, 0.1) is 12.3 Å². The fourth-order valence-electron chi connectivity index (χ4n) is 3.59. The number of carboxylic acids is 1. The van der Waals surface area contributed by atoms with E-state index in [0.29, 0.717) is 5.02 Å². The first-order valence-corrected chi connectivity index (χ1v) is 8.54. The summed E-state index contributed by atoms with van der Waals surface area (Å²) in [5, 5.41) is 9.89. The molecule has 2 unspecified atom stereocenters. The van der Waals surface area contributed by atoms with E-state index in [4.69, 9.17) is 11.6 Å². The van der Waals surface area contributed by atoms with E-state index in [9.17, 15) is 14.7 Å². The van der Waals surface area contributed by atoms with E-state index < -0.39 is 11.9 Å². The Bertz CT molecular complexity index is 862. The summed E-state index contributed by atoms with van der Waals surface area (Å²) in [7, 11) is 1.70. The smallest absolute Gasteiger partial charge is 0.304 e. The van der Waals surface area contributed by atoms with Crippen LogP contribution in [-0.2, 0) is 9.59 Å². The van der Waals surface area contributed by atoms with E-state index in [1.54, 1.807) is 18.0 Å². The molecule has 0 spiro atoms. The first-order chi connectivity index (χ1) is 11.8. The van der Waals surface area contributed by atoms with Crippen LogP contribution in [0.2, 0.25) is 5.02 Å². The maximum Gasteiger partial charge on any atom is 0.304 e. The zero-order chi connectivity index (χ0) is 18.3. The van der Waals surface area contributed by atoms with Gasteiger partial charge in [0.25, 0.3) is 0 Å². The number of rotatable bonds is 3. The topological polar surface area (TPSA) is 57.6 Å². The molecule has 2 aromatic rings. The van der Waals surface area contributed by atoms with Gasteiger partial charge in [0, 0.05) is 23.7 Å². The maximum absolute atomic E-state index is 12.9. The van der Waals surface area contributed by atoms with E-state index >= 15 is 0 Å². The quantitative estimate of drug-likeness (QED) is 0.897. The minimum Gasteiger partial charge on any atom is -0.481 e. The highest BCUT2D eigenvalue weighted by Gasteiger charge is 2.41. The second-order valence-corrected chi connectivity index (χ2v) is 7.00. The lowest BCUT2D eigenvalue weighted by Gasteiger charge is -2.38. The summed E-state index contributed by atoms with van der Waals surface area (Å²) in [5.74, 6) is -2.24. The van der Waals surface area contributed by atoms with Gasteiger partial charge in [-0.15, -0.1) is 0 Å². The Balaban J connectivity index is 2.28. The van der Waals surface area contributed by atoms with Gasteiger partial charge in [-0.1, -0.05) is 35.9 Å². The molecule has 5 heteroatoms. The third kappa shape index (κ3) is 3.02. The van der Waals surface area contributed by atoms with Crippen molar-refractivity contribution in [3.05, 3.63) is 63.7 Å². The lowest BCUT2D eigenvalue weighted by Crippen LogP contribution is -2.42. The number of anilines is 1. The first kappa shape index (κ1) is 17.5. The number of hydrogen-bond acceptors (Lipinski definition) is 2. The Labute approximate surface area is 152 Å². The molecule has 1 aliphatic heterocycles. The first-order valence-electron chi connectivity index (χ1n) is 8.16. The average Bonchev–Trinajstić information content (AvgIpc) is 2.56. The molecule has 0 aliphatic carbocycles. The second kappa shape index (κ2) is 6.52. The highest BCUT2D eigenvalue weighted by molar-refractivity contribution is 6.31. The van der Waals surface area contributed by atoms with E-state index in [1.807, 2.05) is 38.1 Å². The zero-order valence-corrected chi connectivity index (χ0v) is 15.2. The van der Waals surface area contributed by atoms with Gasteiger partial charge in [-0.25, -0.2) is 0 Å². The normalized spacial score (nSPS) is 19.7. The fourth-order valence-corrected chi connectivity index (χ4v) is 3.85. The van der Waals surface area contributed by atoms with Crippen molar-refractivity contribution in [1.29, 1.82) is 0 Å².